The molecule has 0 saturated carbocycles. The predicted molar refractivity (Wildman–Crippen MR) is 290 cm³/mol. The quantitative estimate of drug-likeness (QED) is 0.0438. The van der Waals surface area contributed by atoms with Crippen molar-refractivity contribution in [2.24, 2.45) is 29.6 Å². The van der Waals surface area contributed by atoms with Crippen LogP contribution in [-0.2, 0) is 38.3 Å². The number of pyridine rings is 1. The highest BCUT2D eigenvalue weighted by Gasteiger charge is 2.44. The highest BCUT2D eigenvalue weighted by molar-refractivity contribution is 8.76. The van der Waals surface area contributed by atoms with Gasteiger partial charge in [0.25, 0.3) is 0 Å². The highest BCUT2D eigenvalue weighted by Crippen LogP contribution is 2.29. The van der Waals surface area contributed by atoms with Gasteiger partial charge in [-0.15, -0.1) is 0 Å². The number of alkyl carbamates (subject to hydrolysis) is 1. The lowest BCUT2D eigenvalue weighted by molar-refractivity contribution is -0.157. The minimum absolute atomic E-state index is 0.0558. The molecule has 1 aromatic rings. The molecule has 0 spiro atoms. The summed E-state index contributed by atoms with van der Waals surface area (Å²) < 4.78 is 5.34. The molecule has 0 aliphatic heterocycles. The summed E-state index contributed by atoms with van der Waals surface area (Å²) in [6.45, 7) is 23.2. The van der Waals surface area contributed by atoms with Gasteiger partial charge >= 0.3 is 6.09 Å². The Balaban J connectivity index is 3.49. The molecule has 7 amide bonds. The Bertz CT molecular complexity index is 1980. The van der Waals surface area contributed by atoms with Crippen LogP contribution in [-0.4, -0.2) is 178 Å². The fourth-order valence-corrected chi connectivity index (χ4v) is 10.1. The van der Waals surface area contributed by atoms with Crippen molar-refractivity contribution in [1.29, 1.82) is 0 Å². The van der Waals surface area contributed by atoms with E-state index >= 15 is 0 Å². The van der Waals surface area contributed by atoms with Crippen molar-refractivity contribution < 1.29 is 48.2 Å². The summed E-state index contributed by atoms with van der Waals surface area (Å²) in [6.07, 6.45) is 3.98. The van der Waals surface area contributed by atoms with Crippen LogP contribution in [0.4, 0.5) is 4.79 Å². The zero-order valence-corrected chi connectivity index (χ0v) is 48.7. The number of aromatic nitrogens is 1. The third-order valence-electron chi connectivity index (χ3n) is 12.4. The van der Waals surface area contributed by atoms with Crippen LogP contribution in [0.25, 0.3) is 0 Å². The molecule has 0 aromatic carbocycles. The summed E-state index contributed by atoms with van der Waals surface area (Å²) >= 11 is 0. The van der Waals surface area contributed by atoms with E-state index in [1.165, 1.54) is 88.2 Å². The van der Waals surface area contributed by atoms with Gasteiger partial charge in [0.05, 0.1) is 12.6 Å². The number of allylic oxidation sites excluding steroid dienone is 2. The fraction of sp³-hybridized carbons (Fsp3) is 0.717. The molecule has 18 nitrogen and oxygen atoms in total. The number of rotatable bonds is 30. The van der Waals surface area contributed by atoms with Crippen molar-refractivity contribution in [3.8, 4) is 0 Å². The molecule has 0 saturated heterocycles. The van der Waals surface area contributed by atoms with Gasteiger partial charge < -0.3 is 45.0 Å². The molecule has 73 heavy (non-hydrogen) atoms. The maximum atomic E-state index is 15.0. The Morgan fingerprint density at radius 2 is 1.32 bits per heavy atom. The number of aliphatic hydroxyl groups excluding tert-OH is 1. The third kappa shape index (κ3) is 22.0. The lowest BCUT2D eigenvalue weighted by Crippen LogP contribution is -2.61. The fourth-order valence-electron chi connectivity index (χ4n) is 8.35. The van der Waals surface area contributed by atoms with Crippen LogP contribution in [0.3, 0.4) is 0 Å². The number of likely N-dealkylation sites (N-methyl/N-ethyl adjacent to an activating group) is 5. The Kier molecular flexibility index (Phi) is 29.0. The number of hydrogen-bond donors (Lipinski definition) is 3. The molecule has 1 rings (SSSR count). The van der Waals surface area contributed by atoms with Gasteiger partial charge in [-0.3, -0.25) is 33.6 Å². The lowest BCUT2D eigenvalue weighted by atomic mass is 9.86. The van der Waals surface area contributed by atoms with E-state index in [2.05, 4.69) is 15.6 Å². The molecule has 0 bridgehead atoms. The zero-order valence-electron chi connectivity index (χ0n) is 47.1. The van der Waals surface area contributed by atoms with E-state index in [0.29, 0.717) is 18.7 Å². The first-order valence-electron chi connectivity index (χ1n) is 25.5. The minimum Gasteiger partial charge on any atom is -0.444 e. The van der Waals surface area contributed by atoms with Crippen molar-refractivity contribution in [3.63, 3.8) is 0 Å². The second-order valence-corrected chi connectivity index (χ2v) is 23.7. The van der Waals surface area contributed by atoms with Gasteiger partial charge in [-0.05, 0) is 107 Å². The molecule has 1 heterocycles. The molecule has 3 N–H and O–H groups in total. The maximum Gasteiger partial charge on any atom is 0.408 e. The number of ether oxygens (including phenoxy) is 1. The van der Waals surface area contributed by atoms with Gasteiger partial charge in [0, 0.05) is 66.1 Å². The Morgan fingerprint density at radius 1 is 0.767 bits per heavy atom. The topological polar surface area (TPSA) is 219 Å². The summed E-state index contributed by atoms with van der Waals surface area (Å²) in [7, 11) is 10.4. The normalized spacial score (nSPS) is 15.1. The Hall–Kier alpha value is -4.69. The van der Waals surface area contributed by atoms with E-state index in [1.807, 2.05) is 65.0 Å². The first-order chi connectivity index (χ1) is 33.9. The number of aliphatic hydroxyl groups is 1. The Morgan fingerprint density at radius 3 is 1.81 bits per heavy atom. The van der Waals surface area contributed by atoms with E-state index < -0.39 is 101 Å². The molecule has 0 aliphatic rings. The monoisotopic (exact) mass is 1060 g/mol. The van der Waals surface area contributed by atoms with Crippen LogP contribution in [0.2, 0.25) is 0 Å². The molecular weight excluding hydrogens is 973 g/mol. The van der Waals surface area contributed by atoms with Crippen molar-refractivity contribution in [1.82, 2.24) is 40.1 Å². The summed E-state index contributed by atoms with van der Waals surface area (Å²) in [5.41, 5.74) is -0.802. The molecule has 0 radical (unpaired) electrons. The number of nitrogens with one attached hydrogen (secondary N) is 2. The maximum absolute atomic E-state index is 15.0. The molecule has 0 unspecified atom stereocenters. The van der Waals surface area contributed by atoms with Crippen LogP contribution in [0.5, 0.6) is 0 Å². The molecule has 414 valence electrons. The zero-order chi connectivity index (χ0) is 56.1. The van der Waals surface area contributed by atoms with E-state index in [4.69, 9.17) is 4.74 Å². The molecular formula is C53H90N8O10S2. The smallest absolute Gasteiger partial charge is 0.408 e. The van der Waals surface area contributed by atoms with Crippen LogP contribution < -0.4 is 10.6 Å². The SMILES string of the molecule is C/C=C/C[C@@H](C)[C@@H](O)[C@@H](C(=O)C[C@@H](CC)C(=O)N(C)CC(=O)NCCSSc1ccccn1)N(C)C(=O)[C@H](C(C)C)N(C)C(=O)[C@H](CC(C)C)N(C)C(=O)[C@H](CC(C)C)N(C)C(=O)[C@@H](C)NC(=O)OC(C)(C)C. The first kappa shape index (κ1) is 66.3. The summed E-state index contributed by atoms with van der Waals surface area (Å²) in [4.78, 5) is 123. The molecule has 0 aliphatic carbocycles. The van der Waals surface area contributed by atoms with E-state index in [1.54, 1.807) is 54.7 Å². The second kappa shape index (κ2) is 31.9. The van der Waals surface area contributed by atoms with Crippen molar-refractivity contribution in [2.45, 2.75) is 169 Å². The van der Waals surface area contributed by atoms with Crippen molar-refractivity contribution in [3.05, 3.63) is 36.5 Å². The molecule has 0 fully saturated rings. The number of carbonyl (C=O) groups excluding carboxylic acids is 8. The third-order valence-corrected chi connectivity index (χ3v) is 14.7. The standard InChI is InChI=1S/C53H90N8O10S2/c1-19-21-24-36(9)46(64)45(41(62)31-38(20-2)48(66)57(14)32-42(63)54-27-28-72-73-43-25-22-23-26-55-43)61(18)51(69)44(35(7)8)60(17)50(68)40(30-34(5)6)59(16)49(67)39(29-33(3)4)58(15)47(65)37(10)56-52(70)71-53(11,12)13/h19,21-23,25-26,33-40,44-46,64H,20,24,27-32H2,1-18H3,(H,54,63)(H,56,70)/b21-19+/t36-,37-,38-,39+,40+,44+,45-,46-/m1/s1. The van der Waals surface area contributed by atoms with Crippen LogP contribution in [0.15, 0.2) is 41.6 Å². The number of nitrogens with zero attached hydrogens (tertiary/aromatic N) is 6. The van der Waals surface area contributed by atoms with Gasteiger partial charge in [-0.25, -0.2) is 9.78 Å². The molecule has 1 aromatic heterocycles. The highest BCUT2D eigenvalue weighted by atomic mass is 33.1. The van der Waals surface area contributed by atoms with Crippen LogP contribution in [0.1, 0.15) is 122 Å². The van der Waals surface area contributed by atoms with E-state index in [9.17, 15) is 43.5 Å². The Labute approximate surface area is 444 Å². The summed E-state index contributed by atoms with van der Waals surface area (Å²) in [6, 6.07) is -0.104. The number of hydrogen-bond acceptors (Lipinski definition) is 13. The number of Topliss-reactive ketones (excluding diaryl/α,β-unsaturated/α-hetero) is 1. The van der Waals surface area contributed by atoms with E-state index in [-0.39, 0.29) is 50.0 Å². The summed E-state index contributed by atoms with van der Waals surface area (Å²) in [5, 5.41) is 18.2. The van der Waals surface area contributed by atoms with E-state index in [0.717, 1.165) is 5.03 Å². The number of ketones is 1. The van der Waals surface area contributed by atoms with Gasteiger partial charge in [-0.2, -0.15) is 0 Å². The lowest BCUT2D eigenvalue weighted by Gasteiger charge is -2.41. The van der Waals surface area contributed by atoms with Crippen LogP contribution >= 0.6 is 21.6 Å². The largest absolute Gasteiger partial charge is 0.444 e. The minimum atomic E-state index is -1.41. The van der Waals surface area contributed by atoms with Gasteiger partial charge in [0.2, 0.25) is 35.4 Å². The van der Waals surface area contributed by atoms with Gasteiger partial charge in [0.1, 0.15) is 40.8 Å². The second-order valence-electron chi connectivity index (χ2n) is 21.3. The van der Waals surface area contributed by atoms with Gasteiger partial charge in [-0.1, -0.05) is 84.4 Å². The number of carbonyl (C=O) groups is 8. The molecule has 20 heteroatoms. The predicted octanol–water partition coefficient (Wildman–Crippen LogP) is 6.31. The van der Waals surface area contributed by atoms with Crippen molar-refractivity contribution in [2.75, 3.05) is 54.1 Å². The number of amides is 7. The van der Waals surface area contributed by atoms with Gasteiger partial charge in [0.15, 0.2) is 5.78 Å². The van der Waals surface area contributed by atoms with Crippen LogP contribution in [0, 0.1) is 29.6 Å². The average molecular weight is 1060 g/mol. The first-order valence-corrected chi connectivity index (χ1v) is 27.8. The average Bonchev–Trinajstić information content (AvgIpc) is 3.31. The summed E-state index contributed by atoms with van der Waals surface area (Å²) in [5.74, 6) is -5.01. The molecule has 8 atom stereocenters. The van der Waals surface area contributed by atoms with Crippen molar-refractivity contribution >= 4 is 68.9 Å².